The highest BCUT2D eigenvalue weighted by Crippen LogP contribution is 2.28. The lowest BCUT2D eigenvalue weighted by Gasteiger charge is -2.39. The van der Waals surface area contributed by atoms with Gasteiger partial charge in [-0.2, -0.15) is 0 Å². The van der Waals surface area contributed by atoms with Crippen LogP contribution in [0.15, 0.2) is 30.6 Å². The maximum atomic E-state index is 13.5. The molecule has 0 bridgehead atoms. The third kappa shape index (κ3) is 5.27. The minimum Gasteiger partial charge on any atom is -0.343 e. The first kappa shape index (κ1) is 24.3. The average Bonchev–Trinajstić information content (AvgIpc) is 3.25. The van der Waals surface area contributed by atoms with Gasteiger partial charge in [-0.05, 0) is 63.4 Å². The Morgan fingerprint density at radius 2 is 1.65 bits per heavy atom. The van der Waals surface area contributed by atoms with Crippen molar-refractivity contribution in [1.29, 1.82) is 0 Å². The third-order valence-electron chi connectivity index (χ3n) is 7.37. The molecule has 3 heterocycles. The minimum absolute atomic E-state index is 0.0136. The molecule has 1 saturated heterocycles. The number of aryl methyl sites for hydroxylation is 1. The molecule has 0 radical (unpaired) electrons. The zero-order chi connectivity index (χ0) is 24.2. The topological polar surface area (TPSA) is 86.2 Å². The molecule has 2 unspecified atom stereocenters. The van der Waals surface area contributed by atoms with Crippen molar-refractivity contribution in [3.63, 3.8) is 0 Å². The number of pyridine rings is 1. The fourth-order valence-corrected chi connectivity index (χ4v) is 5.15. The van der Waals surface area contributed by atoms with E-state index in [1.165, 1.54) is 6.42 Å². The molecular formula is C26H37N5O3. The molecule has 1 aliphatic carbocycles. The van der Waals surface area contributed by atoms with Crippen LogP contribution >= 0.6 is 0 Å². The molecule has 2 fully saturated rings. The van der Waals surface area contributed by atoms with Gasteiger partial charge in [0, 0.05) is 44.1 Å². The molecule has 34 heavy (non-hydrogen) atoms. The van der Waals surface area contributed by atoms with Crippen LogP contribution in [-0.2, 0) is 9.59 Å². The van der Waals surface area contributed by atoms with Crippen molar-refractivity contribution < 1.29 is 14.4 Å². The molecule has 3 amide bonds. The van der Waals surface area contributed by atoms with Gasteiger partial charge in [-0.3, -0.25) is 14.4 Å². The molecule has 2 N–H and O–H groups in total. The van der Waals surface area contributed by atoms with Crippen molar-refractivity contribution in [2.45, 2.75) is 58.0 Å². The summed E-state index contributed by atoms with van der Waals surface area (Å²) < 4.78 is 1.98. The molecule has 184 valence electrons. The van der Waals surface area contributed by atoms with Gasteiger partial charge in [-0.25, -0.2) is 0 Å². The second kappa shape index (κ2) is 10.6. The Morgan fingerprint density at radius 1 is 0.971 bits per heavy atom. The number of hydrogen-bond acceptors (Lipinski definition) is 4. The molecule has 1 aliphatic heterocycles. The highest BCUT2D eigenvalue weighted by atomic mass is 16.2. The van der Waals surface area contributed by atoms with E-state index in [9.17, 15) is 14.4 Å². The number of piperazine rings is 1. The number of likely N-dealkylation sites (N-methyl/N-ethyl adjacent to an activating group) is 1. The van der Waals surface area contributed by atoms with E-state index in [0.29, 0.717) is 31.7 Å². The fourth-order valence-electron chi connectivity index (χ4n) is 5.15. The summed E-state index contributed by atoms with van der Waals surface area (Å²) in [6.45, 7) is 5.78. The number of hydrogen-bond donors (Lipinski definition) is 2. The summed E-state index contributed by atoms with van der Waals surface area (Å²) in [5.74, 6) is 0.00164. The summed E-state index contributed by atoms with van der Waals surface area (Å²) in [4.78, 5) is 42.9. The first-order chi connectivity index (χ1) is 16.4. The van der Waals surface area contributed by atoms with E-state index in [-0.39, 0.29) is 29.7 Å². The average molecular weight is 468 g/mol. The summed E-state index contributed by atoms with van der Waals surface area (Å²) in [6, 6.07) is 5.06. The number of nitrogens with one attached hydrogen (secondary N) is 2. The van der Waals surface area contributed by atoms with Crippen LogP contribution < -0.4 is 10.6 Å². The first-order valence-electron chi connectivity index (χ1n) is 12.5. The quantitative estimate of drug-likeness (QED) is 0.682. The lowest BCUT2D eigenvalue weighted by Crippen LogP contribution is -2.59. The number of carbonyl (C=O) groups is 3. The van der Waals surface area contributed by atoms with Gasteiger partial charge in [-0.1, -0.05) is 19.3 Å². The Labute approximate surface area is 201 Å². The van der Waals surface area contributed by atoms with Crippen LogP contribution in [0.25, 0.3) is 5.52 Å². The summed E-state index contributed by atoms with van der Waals surface area (Å²) >= 11 is 0. The van der Waals surface area contributed by atoms with E-state index in [4.69, 9.17) is 0 Å². The van der Waals surface area contributed by atoms with Gasteiger partial charge in [0.2, 0.25) is 11.8 Å². The zero-order valence-corrected chi connectivity index (χ0v) is 20.5. The van der Waals surface area contributed by atoms with Crippen molar-refractivity contribution >= 4 is 23.2 Å². The Kier molecular flexibility index (Phi) is 7.56. The lowest BCUT2D eigenvalue weighted by atomic mass is 9.83. The normalized spacial score (nSPS) is 19.1. The van der Waals surface area contributed by atoms with Crippen LogP contribution in [0.2, 0.25) is 0 Å². The van der Waals surface area contributed by atoms with Gasteiger partial charge in [0.05, 0.1) is 11.6 Å². The van der Waals surface area contributed by atoms with Crippen LogP contribution in [0, 0.1) is 12.8 Å². The predicted octanol–water partition coefficient (Wildman–Crippen LogP) is 2.21. The van der Waals surface area contributed by atoms with Gasteiger partial charge < -0.3 is 24.8 Å². The minimum atomic E-state index is -0.495. The van der Waals surface area contributed by atoms with Gasteiger partial charge in [0.25, 0.3) is 5.91 Å². The van der Waals surface area contributed by atoms with Gasteiger partial charge in [0.15, 0.2) is 0 Å². The Hall–Kier alpha value is -2.87. The second-order valence-corrected chi connectivity index (χ2v) is 9.78. The number of carbonyl (C=O) groups excluding carboxylic acids is 3. The summed E-state index contributed by atoms with van der Waals surface area (Å²) in [5, 5.41) is 5.99. The molecule has 2 aliphatic rings. The highest BCUT2D eigenvalue weighted by Gasteiger charge is 2.36. The van der Waals surface area contributed by atoms with Crippen LogP contribution in [0.5, 0.6) is 0 Å². The SMILES string of the molecule is CNC(C)C(=O)NC(C(=O)N1CCN(C(=O)c2ccc3cc(C)cn3c2)CC1)C1CCCCC1. The summed E-state index contributed by atoms with van der Waals surface area (Å²) in [7, 11) is 1.74. The molecule has 2 aromatic rings. The van der Waals surface area contributed by atoms with E-state index in [0.717, 1.165) is 36.8 Å². The number of rotatable bonds is 6. The Bertz CT molecular complexity index is 1030. The van der Waals surface area contributed by atoms with E-state index in [1.54, 1.807) is 14.0 Å². The van der Waals surface area contributed by atoms with Crippen LogP contribution in [0.3, 0.4) is 0 Å². The van der Waals surface area contributed by atoms with E-state index >= 15 is 0 Å². The van der Waals surface area contributed by atoms with Crippen molar-refractivity contribution in [2.75, 3.05) is 33.2 Å². The fraction of sp³-hybridized carbons (Fsp3) is 0.577. The molecule has 4 rings (SSSR count). The number of aromatic nitrogens is 1. The monoisotopic (exact) mass is 467 g/mol. The molecule has 2 atom stereocenters. The van der Waals surface area contributed by atoms with Crippen molar-refractivity contribution in [3.05, 3.63) is 41.7 Å². The maximum absolute atomic E-state index is 13.5. The largest absolute Gasteiger partial charge is 0.343 e. The number of nitrogens with zero attached hydrogens (tertiary/aromatic N) is 3. The molecule has 8 heteroatoms. The van der Waals surface area contributed by atoms with Crippen molar-refractivity contribution in [1.82, 2.24) is 24.8 Å². The summed E-state index contributed by atoms with van der Waals surface area (Å²) in [6.07, 6.45) is 9.19. The third-order valence-corrected chi connectivity index (χ3v) is 7.37. The first-order valence-corrected chi connectivity index (χ1v) is 12.5. The number of amides is 3. The zero-order valence-electron chi connectivity index (χ0n) is 20.5. The van der Waals surface area contributed by atoms with Crippen LogP contribution in [-0.4, -0.2) is 77.2 Å². The Balaban J connectivity index is 1.40. The van der Waals surface area contributed by atoms with Gasteiger partial charge in [-0.15, -0.1) is 0 Å². The standard InChI is InChI=1S/C26H37N5O3/c1-18-15-22-10-9-21(17-31(22)16-18)25(33)29-11-13-30(14-12-29)26(34)23(20-7-5-4-6-8-20)28-24(32)19(2)27-3/h9-10,15-17,19-20,23,27H,4-8,11-14H2,1-3H3,(H,28,32). The molecule has 2 aromatic heterocycles. The molecular weight excluding hydrogens is 430 g/mol. The van der Waals surface area contributed by atoms with Crippen LogP contribution in [0.4, 0.5) is 0 Å². The molecule has 0 spiro atoms. The Morgan fingerprint density at radius 3 is 2.32 bits per heavy atom. The second-order valence-electron chi connectivity index (χ2n) is 9.78. The van der Waals surface area contributed by atoms with E-state index in [1.807, 2.05) is 45.7 Å². The van der Waals surface area contributed by atoms with Gasteiger partial charge >= 0.3 is 0 Å². The number of fused-ring (bicyclic) bond motifs is 1. The highest BCUT2D eigenvalue weighted by molar-refractivity contribution is 5.95. The molecule has 0 aromatic carbocycles. The predicted molar refractivity (Wildman–Crippen MR) is 132 cm³/mol. The van der Waals surface area contributed by atoms with Crippen molar-refractivity contribution in [2.24, 2.45) is 5.92 Å². The summed E-state index contributed by atoms with van der Waals surface area (Å²) in [5.41, 5.74) is 2.87. The van der Waals surface area contributed by atoms with E-state index < -0.39 is 6.04 Å². The smallest absolute Gasteiger partial charge is 0.255 e. The molecule has 8 nitrogen and oxygen atoms in total. The van der Waals surface area contributed by atoms with Gasteiger partial charge in [0.1, 0.15) is 6.04 Å². The van der Waals surface area contributed by atoms with Crippen molar-refractivity contribution in [3.8, 4) is 0 Å². The van der Waals surface area contributed by atoms with Crippen LogP contribution in [0.1, 0.15) is 54.9 Å². The lowest BCUT2D eigenvalue weighted by molar-refractivity contribution is -0.140. The maximum Gasteiger partial charge on any atom is 0.255 e. The molecule has 1 saturated carbocycles. The van der Waals surface area contributed by atoms with E-state index in [2.05, 4.69) is 16.7 Å².